The summed E-state index contributed by atoms with van der Waals surface area (Å²) in [7, 11) is 1.97. The third-order valence-corrected chi connectivity index (χ3v) is 6.82. The molecule has 0 saturated carbocycles. The smallest absolute Gasteiger partial charge is 0.123 e. The van der Waals surface area contributed by atoms with E-state index in [1.807, 2.05) is 25.2 Å². The molecular formula is C29H34F2N2O3. The summed E-state index contributed by atoms with van der Waals surface area (Å²) in [6.07, 6.45) is -1.04. The van der Waals surface area contributed by atoms with Crippen molar-refractivity contribution in [3.63, 3.8) is 0 Å². The van der Waals surface area contributed by atoms with Gasteiger partial charge in [0, 0.05) is 26.2 Å². The Kier molecular flexibility index (Phi) is 9.18. The molecule has 3 aromatic carbocycles. The monoisotopic (exact) mass is 496 g/mol. The number of benzene rings is 3. The van der Waals surface area contributed by atoms with Crippen molar-refractivity contribution < 1.29 is 23.7 Å². The van der Waals surface area contributed by atoms with Gasteiger partial charge in [-0.1, -0.05) is 54.6 Å². The number of hydrogen-bond acceptors (Lipinski definition) is 5. The van der Waals surface area contributed by atoms with Crippen molar-refractivity contribution in [3.8, 4) is 0 Å². The first-order valence-electron chi connectivity index (χ1n) is 12.3. The molecule has 1 aliphatic heterocycles. The van der Waals surface area contributed by atoms with Crippen molar-refractivity contribution in [2.45, 2.75) is 43.9 Å². The van der Waals surface area contributed by atoms with Crippen molar-refractivity contribution in [1.29, 1.82) is 0 Å². The minimum atomic E-state index is -0.834. The van der Waals surface area contributed by atoms with Crippen LogP contribution >= 0.6 is 0 Å². The van der Waals surface area contributed by atoms with Crippen molar-refractivity contribution >= 4 is 0 Å². The summed E-state index contributed by atoms with van der Waals surface area (Å²) in [5.41, 5.74) is 3.08. The number of hydrogen-bond donors (Lipinski definition) is 2. The van der Waals surface area contributed by atoms with Gasteiger partial charge in [0.2, 0.25) is 0 Å². The van der Waals surface area contributed by atoms with Crippen LogP contribution in [0.15, 0.2) is 78.9 Å². The topological polar surface area (TPSA) is 56.2 Å². The molecule has 36 heavy (non-hydrogen) atoms. The van der Waals surface area contributed by atoms with Gasteiger partial charge in [0.1, 0.15) is 23.8 Å². The molecular weight excluding hydrogens is 462 g/mol. The summed E-state index contributed by atoms with van der Waals surface area (Å²) >= 11 is 0. The summed E-state index contributed by atoms with van der Waals surface area (Å²) in [6.45, 7) is 1.98. The molecule has 4 rings (SSSR count). The first-order valence-corrected chi connectivity index (χ1v) is 12.3. The molecule has 1 saturated heterocycles. The minimum Gasteiger partial charge on any atom is -0.394 e. The third kappa shape index (κ3) is 6.96. The van der Waals surface area contributed by atoms with Gasteiger partial charge in [-0.3, -0.25) is 9.80 Å². The molecule has 192 valence electrons. The summed E-state index contributed by atoms with van der Waals surface area (Å²) < 4.78 is 33.1. The second-order valence-corrected chi connectivity index (χ2v) is 9.52. The Hall–Kier alpha value is -2.68. The van der Waals surface area contributed by atoms with Gasteiger partial charge in [-0.2, -0.15) is 0 Å². The number of likely N-dealkylation sites (N-methyl/N-ethyl adjacent to an activating group) is 1. The summed E-state index contributed by atoms with van der Waals surface area (Å²) in [5.74, 6) is -0.589. The zero-order valence-electron chi connectivity index (χ0n) is 20.5. The van der Waals surface area contributed by atoms with Crippen LogP contribution in [0.1, 0.15) is 16.7 Å². The Morgan fingerprint density at radius 3 is 1.86 bits per heavy atom. The quantitative estimate of drug-likeness (QED) is 0.425. The molecule has 4 atom stereocenters. The zero-order chi connectivity index (χ0) is 25.5. The maximum absolute atomic E-state index is 13.5. The van der Waals surface area contributed by atoms with Crippen LogP contribution in [0, 0.1) is 11.6 Å². The molecule has 1 fully saturated rings. The highest BCUT2D eigenvalue weighted by Gasteiger charge is 2.45. The van der Waals surface area contributed by atoms with Crippen molar-refractivity contribution in [2.75, 3.05) is 26.7 Å². The Labute approximate surface area is 211 Å². The van der Waals surface area contributed by atoms with E-state index in [-0.39, 0.29) is 30.4 Å². The molecule has 3 aromatic rings. The third-order valence-electron chi connectivity index (χ3n) is 6.82. The van der Waals surface area contributed by atoms with E-state index in [1.54, 1.807) is 24.3 Å². The van der Waals surface area contributed by atoms with Gasteiger partial charge in [-0.05, 0) is 54.4 Å². The fraction of sp³-hybridized carbons (Fsp3) is 0.379. The highest BCUT2D eigenvalue weighted by atomic mass is 19.1. The predicted octanol–water partition coefficient (Wildman–Crippen LogP) is 3.63. The van der Waals surface area contributed by atoms with Crippen LogP contribution in [-0.2, 0) is 24.2 Å². The lowest BCUT2D eigenvalue weighted by molar-refractivity contribution is -0.0322. The van der Waals surface area contributed by atoms with Crippen molar-refractivity contribution in [2.24, 2.45) is 0 Å². The van der Waals surface area contributed by atoms with Crippen LogP contribution in [0.5, 0.6) is 0 Å². The van der Waals surface area contributed by atoms with Gasteiger partial charge in [0.15, 0.2) is 0 Å². The number of aliphatic hydroxyl groups is 2. The molecule has 4 unspecified atom stereocenters. The van der Waals surface area contributed by atoms with E-state index in [1.165, 1.54) is 29.8 Å². The molecule has 0 amide bonds. The van der Waals surface area contributed by atoms with E-state index in [2.05, 4.69) is 21.9 Å². The van der Waals surface area contributed by atoms with Gasteiger partial charge in [-0.25, -0.2) is 8.78 Å². The van der Waals surface area contributed by atoms with Crippen LogP contribution < -0.4 is 0 Å². The maximum Gasteiger partial charge on any atom is 0.123 e. The van der Waals surface area contributed by atoms with E-state index in [9.17, 15) is 19.0 Å². The SMILES string of the molecule is CN(CCc1ccccc1)C1C(CN(Cc2ccc(F)cc2)Cc2ccc(F)cc2)OC(CO)C1O. The standard InChI is InChI=1S/C29H34F2N2O3/c1-32(16-15-21-5-3-2-4-6-21)28-26(36-27(20-34)29(28)35)19-33(17-22-7-11-24(30)12-8-22)18-23-9-13-25(31)14-10-23/h2-14,26-29,34-35H,15-20H2,1H3. The summed E-state index contributed by atoms with van der Waals surface area (Å²) in [6, 6.07) is 22.6. The second kappa shape index (κ2) is 12.5. The van der Waals surface area contributed by atoms with Crippen LogP contribution in [0.25, 0.3) is 0 Å². The molecule has 1 aliphatic rings. The van der Waals surface area contributed by atoms with Gasteiger partial charge < -0.3 is 14.9 Å². The van der Waals surface area contributed by atoms with E-state index in [0.29, 0.717) is 19.6 Å². The van der Waals surface area contributed by atoms with Gasteiger partial charge >= 0.3 is 0 Å². The zero-order valence-corrected chi connectivity index (χ0v) is 20.5. The molecule has 0 aliphatic carbocycles. The lowest BCUT2D eigenvalue weighted by Gasteiger charge is -2.33. The van der Waals surface area contributed by atoms with E-state index < -0.39 is 12.2 Å². The van der Waals surface area contributed by atoms with Gasteiger partial charge in [0.05, 0.1) is 18.8 Å². The van der Waals surface area contributed by atoms with Crippen LogP contribution in [-0.4, -0.2) is 71.1 Å². The number of nitrogens with zero attached hydrogens (tertiary/aromatic N) is 2. The number of aliphatic hydroxyl groups excluding tert-OH is 2. The largest absolute Gasteiger partial charge is 0.394 e. The lowest BCUT2D eigenvalue weighted by Crippen LogP contribution is -2.50. The molecule has 0 spiro atoms. The molecule has 0 radical (unpaired) electrons. The Balaban J connectivity index is 1.51. The van der Waals surface area contributed by atoms with Crippen molar-refractivity contribution in [1.82, 2.24) is 9.80 Å². The first-order chi connectivity index (χ1) is 17.4. The Bertz CT molecular complexity index is 1020. The predicted molar refractivity (Wildman–Crippen MR) is 135 cm³/mol. The highest BCUT2D eigenvalue weighted by molar-refractivity contribution is 5.19. The van der Waals surface area contributed by atoms with Crippen LogP contribution in [0.4, 0.5) is 8.78 Å². The normalized spacial score (nSPS) is 22.0. The Morgan fingerprint density at radius 2 is 1.33 bits per heavy atom. The van der Waals surface area contributed by atoms with Gasteiger partial charge in [-0.15, -0.1) is 0 Å². The molecule has 0 bridgehead atoms. The second-order valence-electron chi connectivity index (χ2n) is 9.52. The summed E-state index contributed by atoms with van der Waals surface area (Å²) in [4.78, 5) is 4.25. The summed E-state index contributed by atoms with van der Waals surface area (Å²) in [5, 5.41) is 20.8. The Morgan fingerprint density at radius 1 is 0.778 bits per heavy atom. The first kappa shape index (κ1) is 26.4. The number of rotatable bonds is 11. The van der Waals surface area contributed by atoms with E-state index >= 15 is 0 Å². The van der Waals surface area contributed by atoms with Gasteiger partial charge in [0.25, 0.3) is 0 Å². The average Bonchev–Trinajstić information content (AvgIpc) is 3.20. The maximum atomic E-state index is 13.5. The molecule has 0 aromatic heterocycles. The average molecular weight is 497 g/mol. The highest BCUT2D eigenvalue weighted by Crippen LogP contribution is 2.27. The van der Waals surface area contributed by atoms with Crippen molar-refractivity contribution in [3.05, 3.63) is 107 Å². The fourth-order valence-corrected chi connectivity index (χ4v) is 4.91. The molecule has 1 heterocycles. The fourth-order valence-electron chi connectivity index (χ4n) is 4.91. The molecule has 5 nitrogen and oxygen atoms in total. The lowest BCUT2D eigenvalue weighted by atomic mass is 10.0. The van der Waals surface area contributed by atoms with Crippen LogP contribution in [0.3, 0.4) is 0 Å². The number of ether oxygens (including phenoxy) is 1. The van der Waals surface area contributed by atoms with E-state index in [4.69, 9.17) is 4.74 Å². The molecule has 2 N–H and O–H groups in total. The minimum absolute atomic E-state index is 0.267. The molecule has 7 heteroatoms. The van der Waals surface area contributed by atoms with E-state index in [0.717, 1.165) is 24.1 Å². The number of halogens is 2. The van der Waals surface area contributed by atoms with Crippen LogP contribution in [0.2, 0.25) is 0 Å².